The predicted molar refractivity (Wildman–Crippen MR) is 127 cm³/mol. The van der Waals surface area contributed by atoms with E-state index in [0.717, 1.165) is 27.6 Å². The number of aromatic amines is 1. The molecule has 1 aliphatic rings. The van der Waals surface area contributed by atoms with Crippen molar-refractivity contribution in [1.82, 2.24) is 19.9 Å². The van der Waals surface area contributed by atoms with E-state index >= 15 is 0 Å². The minimum Gasteiger partial charge on any atom is -0.497 e. The number of ether oxygens (including phenoxy) is 1. The molecule has 0 radical (unpaired) electrons. The number of carbonyl (C=O) groups is 1. The number of carbonyl (C=O) groups excluding carboxylic acids is 1. The number of nitrogens with one attached hydrogen (secondary N) is 1. The highest BCUT2D eigenvalue weighted by Crippen LogP contribution is 2.44. The molecule has 1 aliphatic heterocycles. The molecule has 180 valence electrons. The zero-order chi connectivity index (χ0) is 24.6. The Hall–Kier alpha value is -3.53. The Morgan fingerprint density at radius 2 is 1.94 bits per heavy atom. The second-order valence-electron chi connectivity index (χ2n) is 8.09. The summed E-state index contributed by atoms with van der Waals surface area (Å²) in [6.07, 6.45) is -2.69. The van der Waals surface area contributed by atoms with E-state index in [4.69, 9.17) is 4.74 Å². The average Bonchev–Trinajstić information content (AvgIpc) is 3.25. The number of para-hydroxylation sites is 1. The number of fused-ring (bicyclic) bond motifs is 3. The van der Waals surface area contributed by atoms with Crippen LogP contribution in [-0.4, -0.2) is 51.3 Å². The Labute approximate surface area is 203 Å². The maximum absolute atomic E-state index is 14.2. The van der Waals surface area contributed by atoms with E-state index < -0.39 is 18.1 Å². The molecule has 1 unspecified atom stereocenters. The molecule has 3 heterocycles. The van der Waals surface area contributed by atoms with Crippen LogP contribution in [0.1, 0.15) is 17.3 Å². The van der Waals surface area contributed by atoms with Gasteiger partial charge < -0.3 is 14.6 Å². The summed E-state index contributed by atoms with van der Waals surface area (Å²) in [4.78, 5) is 25.5. The fraction of sp³-hybridized carbons (Fsp3) is 0.240. The van der Waals surface area contributed by atoms with E-state index in [0.29, 0.717) is 34.1 Å². The van der Waals surface area contributed by atoms with Gasteiger partial charge in [0.05, 0.1) is 24.3 Å². The number of alkyl halides is 3. The van der Waals surface area contributed by atoms with Crippen LogP contribution in [0.25, 0.3) is 22.2 Å². The van der Waals surface area contributed by atoms with Crippen LogP contribution in [0.5, 0.6) is 5.75 Å². The van der Waals surface area contributed by atoms with Gasteiger partial charge in [-0.2, -0.15) is 13.2 Å². The van der Waals surface area contributed by atoms with Crippen LogP contribution in [0.4, 0.5) is 13.2 Å². The number of benzene rings is 2. The third-order valence-electron chi connectivity index (χ3n) is 6.01. The van der Waals surface area contributed by atoms with E-state index in [1.165, 1.54) is 0 Å². The van der Waals surface area contributed by atoms with Gasteiger partial charge in [0.15, 0.2) is 11.2 Å². The number of hydrogen-bond donors (Lipinski definition) is 1. The Morgan fingerprint density at radius 1 is 1.17 bits per heavy atom. The second-order valence-corrected chi connectivity index (χ2v) is 9.03. The summed E-state index contributed by atoms with van der Waals surface area (Å²) in [6.45, 7) is -0.00877. The van der Waals surface area contributed by atoms with Crippen molar-refractivity contribution in [2.45, 2.75) is 23.8 Å². The fourth-order valence-corrected chi connectivity index (χ4v) is 5.11. The molecule has 4 aromatic rings. The van der Waals surface area contributed by atoms with Crippen LogP contribution in [-0.2, 0) is 11.2 Å². The minimum atomic E-state index is -4.61. The van der Waals surface area contributed by atoms with Crippen LogP contribution < -0.4 is 4.74 Å². The number of aromatic nitrogens is 3. The monoisotopic (exact) mass is 498 g/mol. The number of nitrogens with zero attached hydrogens (tertiary/aromatic N) is 3. The number of rotatable bonds is 5. The summed E-state index contributed by atoms with van der Waals surface area (Å²) in [6, 6.07) is 14.1. The molecule has 1 atom stereocenters. The van der Waals surface area contributed by atoms with Crippen LogP contribution in [0, 0.1) is 0 Å². The topological polar surface area (TPSA) is 71.1 Å². The molecule has 2 aromatic heterocycles. The molecule has 2 aromatic carbocycles. The lowest BCUT2D eigenvalue weighted by molar-refractivity contribution is -0.193. The zero-order valence-electron chi connectivity index (χ0n) is 18.7. The highest BCUT2D eigenvalue weighted by molar-refractivity contribution is 7.99. The molecule has 5 rings (SSSR count). The Bertz CT molecular complexity index is 1370. The van der Waals surface area contributed by atoms with Crippen molar-refractivity contribution in [3.63, 3.8) is 0 Å². The van der Waals surface area contributed by atoms with Gasteiger partial charge in [-0.1, -0.05) is 30.0 Å². The first-order valence-electron chi connectivity index (χ1n) is 10.9. The smallest absolute Gasteiger partial charge is 0.414 e. The zero-order valence-corrected chi connectivity index (χ0v) is 19.5. The van der Waals surface area contributed by atoms with Crippen LogP contribution in [0.3, 0.4) is 0 Å². The highest BCUT2D eigenvalue weighted by Gasteiger charge is 2.50. The van der Waals surface area contributed by atoms with Gasteiger partial charge in [0.2, 0.25) is 5.91 Å². The van der Waals surface area contributed by atoms with Gasteiger partial charge in [-0.05, 0) is 48.4 Å². The Morgan fingerprint density at radius 3 is 2.69 bits per heavy atom. The fourth-order valence-electron chi connectivity index (χ4n) is 4.39. The third-order valence-corrected chi connectivity index (χ3v) is 6.86. The third kappa shape index (κ3) is 4.58. The van der Waals surface area contributed by atoms with Crippen LogP contribution >= 0.6 is 11.8 Å². The predicted octanol–water partition coefficient (Wildman–Crippen LogP) is 5.41. The van der Waals surface area contributed by atoms with E-state index in [-0.39, 0.29) is 18.0 Å². The van der Waals surface area contributed by atoms with Gasteiger partial charge in [-0.15, -0.1) is 0 Å². The quantitative estimate of drug-likeness (QED) is 0.294. The van der Waals surface area contributed by atoms with Gasteiger partial charge in [0.25, 0.3) is 0 Å². The van der Waals surface area contributed by atoms with Crippen molar-refractivity contribution in [2.75, 3.05) is 19.4 Å². The molecule has 0 saturated carbocycles. The Balaban J connectivity index is 1.35. The van der Waals surface area contributed by atoms with Gasteiger partial charge in [-0.25, -0.2) is 9.97 Å². The molecule has 0 spiro atoms. The lowest BCUT2D eigenvalue weighted by atomic mass is 9.97. The number of halogens is 3. The maximum Gasteiger partial charge on any atom is 0.414 e. The average molecular weight is 499 g/mol. The van der Waals surface area contributed by atoms with Gasteiger partial charge in [0, 0.05) is 29.2 Å². The van der Waals surface area contributed by atoms with E-state index in [2.05, 4.69) is 15.0 Å². The Kier molecular flexibility index (Phi) is 6.14. The second kappa shape index (κ2) is 9.26. The van der Waals surface area contributed by atoms with E-state index in [9.17, 15) is 18.0 Å². The number of amides is 1. The first-order valence-corrected chi connectivity index (χ1v) is 11.9. The molecule has 0 fully saturated rings. The van der Waals surface area contributed by atoms with E-state index in [1.54, 1.807) is 55.8 Å². The summed E-state index contributed by atoms with van der Waals surface area (Å²) >= 11 is 1.02. The highest BCUT2D eigenvalue weighted by atomic mass is 32.2. The normalized spacial score (nSPS) is 15.8. The SMILES string of the molecule is COc1ccc(-c2ccnc(SCC(=O)N3CCc4c([nH]c5ccccc45)C3C(F)(F)F)n2)cc1. The van der Waals surface area contributed by atoms with Crippen LogP contribution in [0.15, 0.2) is 66.0 Å². The summed E-state index contributed by atoms with van der Waals surface area (Å²) in [7, 11) is 1.58. The largest absolute Gasteiger partial charge is 0.497 e. The maximum atomic E-state index is 14.2. The molecule has 0 saturated heterocycles. The van der Waals surface area contributed by atoms with E-state index in [1.807, 2.05) is 12.1 Å². The molecule has 1 N–H and O–H groups in total. The standard InChI is InChI=1S/C25H21F3N4O2S/c1-34-16-8-6-15(7-9-16)19-10-12-29-24(31-19)35-14-21(33)32-13-11-18-17-4-2-3-5-20(17)30-22(18)23(32)25(26,27)28/h2-10,12,23,30H,11,13-14H2,1H3. The summed E-state index contributed by atoms with van der Waals surface area (Å²) < 4.78 is 47.6. The summed E-state index contributed by atoms with van der Waals surface area (Å²) in [5.41, 5.74) is 2.78. The lowest BCUT2D eigenvalue weighted by Crippen LogP contribution is -2.47. The molecule has 1 amide bonds. The van der Waals surface area contributed by atoms with Crippen molar-refractivity contribution >= 4 is 28.6 Å². The number of hydrogen-bond acceptors (Lipinski definition) is 5. The van der Waals surface area contributed by atoms with Gasteiger partial charge in [0.1, 0.15) is 5.75 Å². The molecule has 10 heteroatoms. The van der Waals surface area contributed by atoms with Crippen molar-refractivity contribution < 1.29 is 22.7 Å². The van der Waals surface area contributed by atoms with Crippen molar-refractivity contribution in [3.05, 3.63) is 72.1 Å². The molecule has 0 aliphatic carbocycles. The molecule has 6 nitrogen and oxygen atoms in total. The molecule has 35 heavy (non-hydrogen) atoms. The summed E-state index contributed by atoms with van der Waals surface area (Å²) in [5, 5.41) is 1.08. The molecule has 0 bridgehead atoms. The molecular formula is C25H21F3N4O2S. The molecular weight excluding hydrogens is 477 g/mol. The first-order chi connectivity index (χ1) is 16.8. The number of H-pyrrole nitrogens is 1. The van der Waals surface area contributed by atoms with Crippen LogP contribution in [0.2, 0.25) is 0 Å². The van der Waals surface area contributed by atoms with Crippen molar-refractivity contribution in [3.8, 4) is 17.0 Å². The van der Waals surface area contributed by atoms with Gasteiger partial charge in [-0.3, -0.25) is 4.79 Å². The van der Waals surface area contributed by atoms with Crippen molar-refractivity contribution in [1.29, 1.82) is 0 Å². The minimum absolute atomic E-state index is 0.00877. The summed E-state index contributed by atoms with van der Waals surface area (Å²) in [5.74, 6) is -0.101. The first kappa shape index (κ1) is 23.2. The van der Waals surface area contributed by atoms with Gasteiger partial charge >= 0.3 is 6.18 Å². The van der Waals surface area contributed by atoms with Crippen molar-refractivity contribution in [2.24, 2.45) is 0 Å². The number of thioether (sulfide) groups is 1. The lowest BCUT2D eigenvalue weighted by Gasteiger charge is -2.36. The number of methoxy groups -OCH3 is 1.